The van der Waals surface area contributed by atoms with Gasteiger partial charge in [0.25, 0.3) is 5.91 Å². The lowest BCUT2D eigenvalue weighted by Crippen LogP contribution is -2.32. The second-order valence-corrected chi connectivity index (χ2v) is 5.77. The third-order valence-corrected chi connectivity index (χ3v) is 4.00. The first kappa shape index (κ1) is 17.1. The van der Waals surface area contributed by atoms with E-state index in [1.807, 2.05) is 63.2 Å². The summed E-state index contributed by atoms with van der Waals surface area (Å²) in [6.45, 7) is 8.06. The van der Waals surface area contributed by atoms with E-state index in [0.29, 0.717) is 6.42 Å². The number of rotatable bonds is 6. The van der Waals surface area contributed by atoms with Gasteiger partial charge in [-0.05, 0) is 55.5 Å². The standard InChI is InChI=1S/C20H25NO2/c1-5-16-10-12-17(13-11-16)23-18(6-2)20(22)21-19-14(3)8-7-9-15(19)4/h7-13,18H,5-6H2,1-4H3,(H,21,22). The number of anilines is 1. The monoisotopic (exact) mass is 311 g/mol. The molecule has 0 aliphatic heterocycles. The van der Waals surface area contributed by atoms with Crippen LogP contribution < -0.4 is 10.1 Å². The van der Waals surface area contributed by atoms with Crippen molar-refractivity contribution in [2.75, 3.05) is 5.32 Å². The second kappa shape index (κ2) is 7.82. The summed E-state index contributed by atoms with van der Waals surface area (Å²) in [5.74, 6) is 0.621. The Kier molecular flexibility index (Phi) is 5.80. The van der Waals surface area contributed by atoms with Gasteiger partial charge in [0.15, 0.2) is 6.10 Å². The minimum Gasteiger partial charge on any atom is -0.481 e. The van der Waals surface area contributed by atoms with Gasteiger partial charge in [0.1, 0.15) is 5.75 Å². The Balaban J connectivity index is 2.09. The quantitative estimate of drug-likeness (QED) is 0.842. The molecule has 0 saturated heterocycles. The molecular weight excluding hydrogens is 286 g/mol. The summed E-state index contributed by atoms with van der Waals surface area (Å²) >= 11 is 0. The molecule has 0 aliphatic carbocycles. The molecule has 3 nitrogen and oxygen atoms in total. The molecule has 122 valence electrons. The molecule has 0 heterocycles. The summed E-state index contributed by atoms with van der Waals surface area (Å²) in [5, 5.41) is 3.01. The van der Waals surface area contributed by atoms with Crippen molar-refractivity contribution in [2.45, 2.75) is 46.6 Å². The third-order valence-electron chi connectivity index (χ3n) is 4.00. The molecule has 0 aliphatic rings. The Morgan fingerprint density at radius 2 is 1.65 bits per heavy atom. The van der Waals surface area contributed by atoms with Gasteiger partial charge in [-0.15, -0.1) is 0 Å². The first-order valence-corrected chi connectivity index (χ1v) is 8.17. The van der Waals surface area contributed by atoms with E-state index < -0.39 is 6.10 Å². The van der Waals surface area contributed by atoms with E-state index >= 15 is 0 Å². The number of carbonyl (C=O) groups is 1. The van der Waals surface area contributed by atoms with Crippen molar-refractivity contribution in [1.29, 1.82) is 0 Å². The van der Waals surface area contributed by atoms with Crippen molar-refractivity contribution >= 4 is 11.6 Å². The lowest BCUT2D eigenvalue weighted by Gasteiger charge is -2.19. The Hall–Kier alpha value is -2.29. The van der Waals surface area contributed by atoms with Crippen LogP contribution in [0, 0.1) is 13.8 Å². The van der Waals surface area contributed by atoms with Crippen LogP contribution >= 0.6 is 0 Å². The van der Waals surface area contributed by atoms with Gasteiger partial charge in [0.05, 0.1) is 0 Å². The van der Waals surface area contributed by atoms with Crippen LogP contribution in [0.2, 0.25) is 0 Å². The lowest BCUT2D eigenvalue weighted by atomic mass is 10.1. The van der Waals surface area contributed by atoms with Crippen LogP contribution in [0.1, 0.15) is 37.0 Å². The van der Waals surface area contributed by atoms with Gasteiger partial charge in [0, 0.05) is 5.69 Å². The maximum absolute atomic E-state index is 12.5. The number of amides is 1. The van der Waals surface area contributed by atoms with Crippen molar-refractivity contribution in [2.24, 2.45) is 0 Å². The van der Waals surface area contributed by atoms with Gasteiger partial charge < -0.3 is 10.1 Å². The Morgan fingerprint density at radius 1 is 1.04 bits per heavy atom. The number of hydrogen-bond acceptors (Lipinski definition) is 2. The van der Waals surface area contributed by atoms with Gasteiger partial charge in [-0.1, -0.05) is 44.2 Å². The summed E-state index contributed by atoms with van der Waals surface area (Å²) < 4.78 is 5.86. The molecule has 1 amide bonds. The molecule has 0 saturated carbocycles. The van der Waals surface area contributed by atoms with Crippen molar-refractivity contribution in [3.05, 3.63) is 59.2 Å². The SMILES string of the molecule is CCc1ccc(OC(CC)C(=O)Nc2c(C)cccc2C)cc1. The van der Waals surface area contributed by atoms with Crippen LogP contribution in [0.25, 0.3) is 0 Å². The van der Waals surface area contributed by atoms with Gasteiger partial charge in [0.2, 0.25) is 0 Å². The van der Waals surface area contributed by atoms with Crippen LogP contribution in [0.3, 0.4) is 0 Å². The molecule has 0 spiro atoms. The highest BCUT2D eigenvalue weighted by molar-refractivity contribution is 5.95. The number of aryl methyl sites for hydroxylation is 3. The minimum absolute atomic E-state index is 0.107. The molecule has 1 unspecified atom stereocenters. The Labute approximate surface area is 138 Å². The van der Waals surface area contributed by atoms with Gasteiger partial charge >= 0.3 is 0 Å². The molecule has 0 fully saturated rings. The number of nitrogens with one attached hydrogen (secondary N) is 1. The van der Waals surface area contributed by atoms with Crippen LogP contribution in [0.5, 0.6) is 5.75 Å². The van der Waals surface area contributed by atoms with Crippen LogP contribution in [-0.2, 0) is 11.2 Å². The van der Waals surface area contributed by atoms with Crippen molar-refractivity contribution in [3.63, 3.8) is 0 Å². The topological polar surface area (TPSA) is 38.3 Å². The highest BCUT2D eigenvalue weighted by atomic mass is 16.5. The summed E-state index contributed by atoms with van der Waals surface area (Å²) in [6, 6.07) is 13.9. The van der Waals surface area contributed by atoms with Crippen LogP contribution in [0.15, 0.2) is 42.5 Å². The summed E-state index contributed by atoms with van der Waals surface area (Å²) in [5.41, 5.74) is 4.24. The van der Waals surface area contributed by atoms with E-state index in [2.05, 4.69) is 12.2 Å². The van der Waals surface area contributed by atoms with Crippen LogP contribution in [-0.4, -0.2) is 12.0 Å². The average molecular weight is 311 g/mol. The van der Waals surface area contributed by atoms with E-state index in [1.165, 1.54) is 5.56 Å². The smallest absolute Gasteiger partial charge is 0.265 e. The number of ether oxygens (including phenoxy) is 1. The fourth-order valence-corrected chi connectivity index (χ4v) is 2.51. The van der Waals surface area contributed by atoms with Gasteiger partial charge in [-0.25, -0.2) is 0 Å². The highest BCUT2D eigenvalue weighted by Crippen LogP contribution is 2.21. The zero-order chi connectivity index (χ0) is 16.8. The van der Waals surface area contributed by atoms with E-state index in [0.717, 1.165) is 29.0 Å². The molecule has 2 aromatic rings. The Morgan fingerprint density at radius 3 is 2.17 bits per heavy atom. The van der Waals surface area contributed by atoms with Crippen molar-refractivity contribution < 1.29 is 9.53 Å². The van der Waals surface area contributed by atoms with E-state index in [4.69, 9.17) is 4.74 Å². The Bertz CT molecular complexity index is 642. The molecule has 0 bridgehead atoms. The molecule has 1 N–H and O–H groups in total. The predicted molar refractivity (Wildman–Crippen MR) is 95.1 cm³/mol. The summed E-state index contributed by atoms with van der Waals surface area (Å²) in [6.07, 6.45) is 1.11. The average Bonchev–Trinajstić information content (AvgIpc) is 2.56. The van der Waals surface area contributed by atoms with Gasteiger partial charge in [-0.3, -0.25) is 4.79 Å². The van der Waals surface area contributed by atoms with E-state index in [-0.39, 0.29) is 5.91 Å². The maximum atomic E-state index is 12.5. The molecule has 0 radical (unpaired) electrons. The van der Waals surface area contributed by atoms with Gasteiger partial charge in [-0.2, -0.15) is 0 Å². The first-order valence-electron chi connectivity index (χ1n) is 8.17. The zero-order valence-corrected chi connectivity index (χ0v) is 14.3. The fraction of sp³-hybridized carbons (Fsp3) is 0.350. The number of benzene rings is 2. The number of hydrogen-bond donors (Lipinski definition) is 1. The van der Waals surface area contributed by atoms with Crippen molar-refractivity contribution in [1.82, 2.24) is 0 Å². The molecule has 1 atom stereocenters. The lowest BCUT2D eigenvalue weighted by molar-refractivity contribution is -0.122. The molecule has 23 heavy (non-hydrogen) atoms. The zero-order valence-electron chi connectivity index (χ0n) is 14.3. The highest BCUT2D eigenvalue weighted by Gasteiger charge is 2.19. The summed E-state index contributed by atoms with van der Waals surface area (Å²) in [7, 11) is 0. The third kappa shape index (κ3) is 4.35. The van der Waals surface area contributed by atoms with Crippen LogP contribution in [0.4, 0.5) is 5.69 Å². The fourth-order valence-electron chi connectivity index (χ4n) is 2.51. The van der Waals surface area contributed by atoms with Crippen molar-refractivity contribution in [3.8, 4) is 5.75 Å². The maximum Gasteiger partial charge on any atom is 0.265 e. The second-order valence-electron chi connectivity index (χ2n) is 5.77. The molecule has 3 heteroatoms. The predicted octanol–water partition coefficient (Wildman–Crippen LogP) is 4.66. The largest absolute Gasteiger partial charge is 0.481 e. The molecular formula is C20H25NO2. The molecule has 0 aromatic heterocycles. The summed E-state index contributed by atoms with van der Waals surface area (Å²) in [4.78, 5) is 12.5. The van der Waals surface area contributed by atoms with E-state index in [9.17, 15) is 4.79 Å². The van der Waals surface area contributed by atoms with E-state index in [1.54, 1.807) is 0 Å². The number of carbonyl (C=O) groups excluding carboxylic acids is 1. The first-order chi connectivity index (χ1) is 11.0. The number of para-hydroxylation sites is 1. The normalized spacial score (nSPS) is 11.8. The molecule has 2 aromatic carbocycles. The minimum atomic E-state index is -0.499. The molecule has 2 rings (SSSR count).